The molecule has 10 heavy (non-hydrogen) atoms. The van der Waals surface area contributed by atoms with Gasteiger partial charge >= 0.3 is 0 Å². The maximum absolute atomic E-state index is 6.57. The van der Waals surface area contributed by atoms with Gasteiger partial charge in [-0.25, -0.2) is 5.53 Å². The molecule has 0 radical (unpaired) electrons. The summed E-state index contributed by atoms with van der Waals surface area (Å²) in [6.45, 7) is 2.39. The molecule has 1 aromatic heterocycles. The zero-order valence-electron chi connectivity index (χ0n) is 5.92. The van der Waals surface area contributed by atoms with E-state index in [0.29, 0.717) is 6.54 Å². The molecule has 0 bridgehead atoms. The second-order valence-corrected chi connectivity index (χ2v) is 2.04. The van der Waals surface area contributed by atoms with Gasteiger partial charge in [-0.05, 0) is 12.1 Å². The van der Waals surface area contributed by atoms with Crippen LogP contribution in [0.2, 0.25) is 0 Å². The molecule has 1 N–H and O–H groups in total. The molecule has 0 unspecified atom stereocenters. The summed E-state index contributed by atoms with van der Waals surface area (Å²) in [5.41, 5.74) is 6.57. The van der Waals surface area contributed by atoms with Crippen molar-refractivity contribution in [1.29, 1.82) is 5.53 Å². The van der Waals surface area contributed by atoms with Gasteiger partial charge in [0.15, 0.2) is 0 Å². The highest BCUT2D eigenvalue weighted by Gasteiger charge is 1.97. The SMILES string of the molecule is CCc1ccc(CN=N)o1. The summed E-state index contributed by atoms with van der Waals surface area (Å²) in [7, 11) is 0. The van der Waals surface area contributed by atoms with Gasteiger partial charge in [-0.15, -0.1) is 0 Å². The molecule has 0 aromatic carbocycles. The van der Waals surface area contributed by atoms with Gasteiger partial charge in [0.05, 0.1) is 0 Å². The monoisotopic (exact) mass is 138 g/mol. The lowest BCUT2D eigenvalue weighted by Crippen LogP contribution is -1.73. The molecule has 0 saturated heterocycles. The molecule has 54 valence electrons. The summed E-state index contributed by atoms with van der Waals surface area (Å²) >= 11 is 0. The van der Waals surface area contributed by atoms with Crippen LogP contribution in [-0.2, 0) is 13.0 Å². The average molecular weight is 138 g/mol. The van der Waals surface area contributed by atoms with Gasteiger partial charge in [0, 0.05) is 6.42 Å². The van der Waals surface area contributed by atoms with E-state index in [1.807, 2.05) is 19.1 Å². The molecular weight excluding hydrogens is 128 g/mol. The van der Waals surface area contributed by atoms with Crippen LogP contribution >= 0.6 is 0 Å². The van der Waals surface area contributed by atoms with Gasteiger partial charge in [-0.3, -0.25) is 0 Å². The van der Waals surface area contributed by atoms with Crippen LogP contribution in [0.3, 0.4) is 0 Å². The highest BCUT2D eigenvalue weighted by molar-refractivity contribution is 5.06. The van der Waals surface area contributed by atoms with Crippen molar-refractivity contribution in [2.75, 3.05) is 0 Å². The lowest BCUT2D eigenvalue weighted by atomic mass is 10.4. The Morgan fingerprint density at radius 2 is 2.20 bits per heavy atom. The molecule has 3 heteroatoms. The lowest BCUT2D eigenvalue weighted by molar-refractivity contribution is 0.468. The highest BCUT2D eigenvalue weighted by atomic mass is 16.3. The van der Waals surface area contributed by atoms with Crippen molar-refractivity contribution < 1.29 is 4.42 Å². The van der Waals surface area contributed by atoms with E-state index in [-0.39, 0.29) is 0 Å². The Bertz CT molecular complexity index is 217. The van der Waals surface area contributed by atoms with E-state index in [4.69, 9.17) is 9.95 Å². The molecule has 0 atom stereocenters. The number of aryl methyl sites for hydroxylation is 1. The van der Waals surface area contributed by atoms with Crippen molar-refractivity contribution in [3.05, 3.63) is 23.7 Å². The molecule has 0 spiro atoms. The summed E-state index contributed by atoms with van der Waals surface area (Å²) in [6, 6.07) is 3.78. The van der Waals surface area contributed by atoms with E-state index in [9.17, 15) is 0 Å². The second-order valence-electron chi connectivity index (χ2n) is 2.04. The van der Waals surface area contributed by atoms with E-state index in [1.165, 1.54) is 0 Å². The predicted octanol–water partition coefficient (Wildman–Crippen LogP) is 2.37. The third-order valence-corrected chi connectivity index (χ3v) is 1.30. The van der Waals surface area contributed by atoms with Crippen LogP contribution in [0.4, 0.5) is 0 Å². The minimum absolute atomic E-state index is 0.361. The average Bonchev–Trinajstić information content (AvgIpc) is 2.37. The van der Waals surface area contributed by atoms with Crippen molar-refractivity contribution in [3.63, 3.8) is 0 Å². The Labute approximate surface area is 59.6 Å². The van der Waals surface area contributed by atoms with Gasteiger partial charge < -0.3 is 4.42 Å². The Hall–Kier alpha value is -1.12. The van der Waals surface area contributed by atoms with Crippen molar-refractivity contribution in [2.45, 2.75) is 19.9 Å². The normalized spacial score (nSPS) is 9.70. The largest absolute Gasteiger partial charge is 0.464 e. The fourth-order valence-corrected chi connectivity index (χ4v) is 0.775. The zero-order chi connectivity index (χ0) is 7.40. The van der Waals surface area contributed by atoms with Crippen LogP contribution in [-0.4, -0.2) is 0 Å². The van der Waals surface area contributed by atoms with Gasteiger partial charge in [0.2, 0.25) is 0 Å². The fourth-order valence-electron chi connectivity index (χ4n) is 0.775. The van der Waals surface area contributed by atoms with Crippen LogP contribution in [0.25, 0.3) is 0 Å². The van der Waals surface area contributed by atoms with Crippen molar-refractivity contribution in [2.24, 2.45) is 5.11 Å². The van der Waals surface area contributed by atoms with E-state index >= 15 is 0 Å². The molecular formula is C7H10N2O. The molecule has 0 fully saturated rings. The number of furan rings is 1. The maximum Gasteiger partial charge on any atom is 0.127 e. The number of nitrogens with one attached hydrogen (secondary N) is 1. The van der Waals surface area contributed by atoms with Gasteiger partial charge in [0.25, 0.3) is 0 Å². The smallest absolute Gasteiger partial charge is 0.127 e. The topological polar surface area (TPSA) is 49.4 Å². The number of rotatable bonds is 3. The molecule has 0 saturated carbocycles. The van der Waals surface area contributed by atoms with Gasteiger partial charge in [0.1, 0.15) is 18.1 Å². The molecule has 0 aliphatic carbocycles. The standard InChI is InChI=1S/C7H10N2O/c1-2-6-3-4-7(10-6)5-9-8/h3-4,8H,2,5H2,1H3. The number of hydrogen-bond donors (Lipinski definition) is 1. The highest BCUT2D eigenvalue weighted by Crippen LogP contribution is 2.08. The first-order valence-electron chi connectivity index (χ1n) is 3.27. The zero-order valence-corrected chi connectivity index (χ0v) is 5.92. The summed E-state index contributed by atoms with van der Waals surface area (Å²) in [5, 5.41) is 3.21. The van der Waals surface area contributed by atoms with Crippen LogP contribution in [0.15, 0.2) is 21.7 Å². The van der Waals surface area contributed by atoms with E-state index in [2.05, 4.69) is 5.11 Å². The molecule has 1 rings (SSSR count). The quantitative estimate of drug-likeness (QED) is 0.640. The van der Waals surface area contributed by atoms with E-state index in [1.54, 1.807) is 0 Å². The molecule has 3 nitrogen and oxygen atoms in total. The maximum atomic E-state index is 6.57. The molecule has 0 aliphatic rings. The van der Waals surface area contributed by atoms with E-state index in [0.717, 1.165) is 17.9 Å². The van der Waals surface area contributed by atoms with Crippen LogP contribution in [0.5, 0.6) is 0 Å². The minimum atomic E-state index is 0.361. The first-order chi connectivity index (χ1) is 4.86. The van der Waals surface area contributed by atoms with Crippen molar-refractivity contribution >= 4 is 0 Å². The summed E-state index contributed by atoms with van der Waals surface area (Å²) < 4.78 is 5.26. The van der Waals surface area contributed by atoms with Gasteiger partial charge in [-0.1, -0.05) is 6.92 Å². The summed E-state index contributed by atoms with van der Waals surface area (Å²) in [4.78, 5) is 0. The Balaban J connectivity index is 2.67. The molecule has 1 heterocycles. The third-order valence-electron chi connectivity index (χ3n) is 1.30. The Morgan fingerprint density at radius 1 is 1.50 bits per heavy atom. The summed E-state index contributed by atoms with van der Waals surface area (Å²) in [5.74, 6) is 1.73. The van der Waals surface area contributed by atoms with E-state index < -0.39 is 0 Å². The van der Waals surface area contributed by atoms with Crippen molar-refractivity contribution in [3.8, 4) is 0 Å². The first-order valence-corrected chi connectivity index (χ1v) is 3.27. The van der Waals surface area contributed by atoms with Crippen LogP contribution in [0.1, 0.15) is 18.4 Å². The van der Waals surface area contributed by atoms with Crippen LogP contribution < -0.4 is 0 Å². The second kappa shape index (κ2) is 3.15. The number of hydrogen-bond acceptors (Lipinski definition) is 3. The third kappa shape index (κ3) is 1.43. The fraction of sp³-hybridized carbons (Fsp3) is 0.429. The molecule has 0 aliphatic heterocycles. The van der Waals surface area contributed by atoms with Crippen molar-refractivity contribution in [1.82, 2.24) is 0 Å². The minimum Gasteiger partial charge on any atom is -0.464 e. The lowest BCUT2D eigenvalue weighted by Gasteiger charge is -1.86. The predicted molar refractivity (Wildman–Crippen MR) is 36.9 cm³/mol. The van der Waals surface area contributed by atoms with Gasteiger partial charge in [-0.2, -0.15) is 5.11 Å². The first kappa shape index (κ1) is 6.99. The Morgan fingerprint density at radius 3 is 2.70 bits per heavy atom. The molecule has 1 aromatic rings. The summed E-state index contributed by atoms with van der Waals surface area (Å²) in [6.07, 6.45) is 0.901. The number of nitrogens with zero attached hydrogens (tertiary/aromatic N) is 1. The molecule has 0 amide bonds. The van der Waals surface area contributed by atoms with Crippen LogP contribution in [0, 0.1) is 5.53 Å². The Kier molecular flexibility index (Phi) is 2.20.